The molecule has 7 nitrogen and oxygen atoms in total. The number of nitrogens with one attached hydrogen (secondary N) is 2. The van der Waals surface area contributed by atoms with E-state index < -0.39 is 11.9 Å². The van der Waals surface area contributed by atoms with Gasteiger partial charge in [-0.2, -0.15) is 0 Å². The topological polar surface area (TPSA) is 83.8 Å². The Morgan fingerprint density at radius 1 is 1.30 bits per heavy atom. The Morgan fingerprint density at radius 3 is 2.78 bits per heavy atom. The summed E-state index contributed by atoms with van der Waals surface area (Å²) in [6.45, 7) is 3.58. The zero-order valence-electron chi connectivity index (χ0n) is 15.3. The van der Waals surface area contributed by atoms with Gasteiger partial charge in [0.1, 0.15) is 11.8 Å². The number of para-hydroxylation sites is 1. The van der Waals surface area contributed by atoms with E-state index in [1.807, 2.05) is 24.3 Å². The number of hydrogen-bond donors (Lipinski definition) is 2. The number of rotatable bonds is 5. The van der Waals surface area contributed by atoms with Gasteiger partial charge in [-0.25, -0.2) is 0 Å². The van der Waals surface area contributed by atoms with E-state index in [1.54, 1.807) is 31.1 Å². The number of halogens is 1. The summed E-state index contributed by atoms with van der Waals surface area (Å²) >= 11 is 0. The molecular weight excluding hydrogens is 370 g/mol. The number of nitrogens with zero attached hydrogens (tertiary/aromatic N) is 1. The summed E-state index contributed by atoms with van der Waals surface area (Å²) in [5, 5.41) is 6.02. The summed E-state index contributed by atoms with van der Waals surface area (Å²) in [4.78, 5) is 26.9. The van der Waals surface area contributed by atoms with Crippen LogP contribution >= 0.6 is 12.4 Å². The van der Waals surface area contributed by atoms with Crippen molar-refractivity contribution in [3.8, 4) is 5.75 Å². The zero-order chi connectivity index (χ0) is 18.5. The Hall–Kier alpha value is -2.51. The summed E-state index contributed by atoms with van der Waals surface area (Å²) in [7, 11) is 1.62. The van der Waals surface area contributed by atoms with Gasteiger partial charge in [0.15, 0.2) is 5.76 Å². The molecule has 2 aromatic rings. The Kier molecular flexibility index (Phi) is 7.27. The smallest absolute Gasteiger partial charge is 0.287 e. The standard InChI is InChI=1S/C19H23N3O4.ClH/c1-13(21-18(23)17-8-5-11-26-17)19(24)22-10-9-20-12-15(22)14-6-3-4-7-16(14)25-2;/h3-8,11,13,15,20H,9-10,12H2,1-2H3,(H,21,23);1H. The van der Waals surface area contributed by atoms with Gasteiger partial charge in [0.2, 0.25) is 5.91 Å². The number of benzene rings is 1. The van der Waals surface area contributed by atoms with Crippen LogP contribution in [0.5, 0.6) is 5.75 Å². The third-order valence-electron chi connectivity index (χ3n) is 4.49. The SMILES string of the molecule is COc1ccccc1C1CNCCN1C(=O)C(C)NC(=O)c1ccco1.Cl. The monoisotopic (exact) mass is 393 g/mol. The molecule has 0 radical (unpaired) electrons. The van der Waals surface area contributed by atoms with Crippen LogP contribution in [0.15, 0.2) is 47.1 Å². The number of carbonyl (C=O) groups is 2. The minimum Gasteiger partial charge on any atom is -0.496 e. The van der Waals surface area contributed by atoms with Crippen molar-refractivity contribution in [3.05, 3.63) is 54.0 Å². The maximum absolute atomic E-state index is 13.0. The minimum absolute atomic E-state index is 0. The number of carbonyl (C=O) groups excluding carboxylic acids is 2. The first kappa shape index (κ1) is 20.8. The first-order valence-electron chi connectivity index (χ1n) is 8.60. The fourth-order valence-corrected chi connectivity index (χ4v) is 3.17. The van der Waals surface area contributed by atoms with Crippen LogP contribution in [0, 0.1) is 0 Å². The van der Waals surface area contributed by atoms with Gasteiger partial charge in [0, 0.05) is 25.2 Å². The van der Waals surface area contributed by atoms with E-state index >= 15 is 0 Å². The van der Waals surface area contributed by atoms with Crippen molar-refractivity contribution in [2.24, 2.45) is 0 Å². The Balaban J connectivity index is 0.00000261. The second-order valence-corrected chi connectivity index (χ2v) is 6.17. The molecule has 2 amide bonds. The number of piperazine rings is 1. The number of methoxy groups -OCH3 is 1. The minimum atomic E-state index is -0.664. The molecule has 3 rings (SSSR count). The molecule has 27 heavy (non-hydrogen) atoms. The van der Waals surface area contributed by atoms with Crippen molar-refractivity contribution < 1.29 is 18.7 Å². The molecule has 1 aromatic carbocycles. The average molecular weight is 394 g/mol. The summed E-state index contributed by atoms with van der Waals surface area (Å²) in [6, 6.07) is 10.1. The molecule has 146 valence electrons. The summed E-state index contributed by atoms with van der Waals surface area (Å²) < 4.78 is 10.5. The van der Waals surface area contributed by atoms with Gasteiger partial charge >= 0.3 is 0 Å². The van der Waals surface area contributed by atoms with Crippen LogP contribution < -0.4 is 15.4 Å². The molecule has 1 saturated heterocycles. The lowest BCUT2D eigenvalue weighted by Gasteiger charge is -2.38. The van der Waals surface area contributed by atoms with Crippen LogP contribution in [-0.2, 0) is 4.79 Å². The number of ether oxygens (including phenoxy) is 1. The van der Waals surface area contributed by atoms with Gasteiger partial charge in [-0.1, -0.05) is 18.2 Å². The third kappa shape index (κ3) is 4.61. The highest BCUT2D eigenvalue weighted by atomic mass is 35.5. The molecule has 2 atom stereocenters. The van der Waals surface area contributed by atoms with Gasteiger partial charge in [-0.15, -0.1) is 12.4 Å². The fraction of sp³-hybridized carbons (Fsp3) is 0.368. The number of amides is 2. The zero-order valence-corrected chi connectivity index (χ0v) is 16.1. The molecule has 2 heterocycles. The molecule has 0 saturated carbocycles. The maximum Gasteiger partial charge on any atom is 0.287 e. The van der Waals surface area contributed by atoms with Crippen LogP contribution in [0.2, 0.25) is 0 Å². The van der Waals surface area contributed by atoms with Crippen molar-refractivity contribution in [2.45, 2.75) is 19.0 Å². The van der Waals surface area contributed by atoms with E-state index in [0.717, 1.165) is 11.3 Å². The fourth-order valence-electron chi connectivity index (χ4n) is 3.17. The molecule has 8 heteroatoms. The van der Waals surface area contributed by atoms with Crippen molar-refractivity contribution in [1.29, 1.82) is 0 Å². The van der Waals surface area contributed by atoms with Crippen molar-refractivity contribution in [1.82, 2.24) is 15.5 Å². The van der Waals surface area contributed by atoms with Crippen LogP contribution in [0.25, 0.3) is 0 Å². The number of hydrogen-bond acceptors (Lipinski definition) is 5. The molecule has 2 N–H and O–H groups in total. The highest BCUT2D eigenvalue weighted by Gasteiger charge is 2.32. The van der Waals surface area contributed by atoms with Crippen LogP contribution in [-0.4, -0.2) is 49.5 Å². The highest BCUT2D eigenvalue weighted by molar-refractivity contribution is 5.95. The first-order valence-corrected chi connectivity index (χ1v) is 8.60. The first-order chi connectivity index (χ1) is 12.6. The molecule has 0 spiro atoms. The molecule has 2 unspecified atom stereocenters. The predicted molar refractivity (Wildman–Crippen MR) is 103 cm³/mol. The maximum atomic E-state index is 13.0. The summed E-state index contributed by atoms with van der Waals surface area (Å²) in [5.74, 6) is 0.389. The molecule has 1 fully saturated rings. The molecule has 0 aliphatic carbocycles. The largest absolute Gasteiger partial charge is 0.496 e. The molecule has 1 aliphatic heterocycles. The van der Waals surface area contributed by atoms with Gasteiger partial charge in [-0.05, 0) is 25.1 Å². The Labute approximate surface area is 164 Å². The second kappa shape index (κ2) is 9.43. The van der Waals surface area contributed by atoms with Crippen LogP contribution in [0.4, 0.5) is 0 Å². The van der Waals surface area contributed by atoms with Crippen LogP contribution in [0.3, 0.4) is 0 Å². The van der Waals surface area contributed by atoms with Crippen molar-refractivity contribution >= 4 is 24.2 Å². The van der Waals surface area contributed by atoms with Gasteiger partial charge < -0.3 is 24.7 Å². The lowest BCUT2D eigenvalue weighted by atomic mass is 10.0. The van der Waals surface area contributed by atoms with Gasteiger partial charge in [0.25, 0.3) is 5.91 Å². The third-order valence-corrected chi connectivity index (χ3v) is 4.49. The summed E-state index contributed by atoms with van der Waals surface area (Å²) in [6.07, 6.45) is 1.43. The Bertz CT molecular complexity index is 766. The molecular formula is C19H24ClN3O4. The van der Waals surface area contributed by atoms with E-state index in [9.17, 15) is 9.59 Å². The second-order valence-electron chi connectivity index (χ2n) is 6.17. The van der Waals surface area contributed by atoms with E-state index in [2.05, 4.69) is 10.6 Å². The summed E-state index contributed by atoms with van der Waals surface area (Å²) in [5.41, 5.74) is 0.945. The number of furan rings is 1. The molecule has 1 aliphatic rings. The van der Waals surface area contributed by atoms with Crippen molar-refractivity contribution in [2.75, 3.05) is 26.7 Å². The lowest BCUT2D eigenvalue weighted by molar-refractivity contribution is -0.136. The van der Waals surface area contributed by atoms with E-state index in [4.69, 9.17) is 9.15 Å². The van der Waals surface area contributed by atoms with Crippen molar-refractivity contribution in [3.63, 3.8) is 0 Å². The average Bonchev–Trinajstić information content (AvgIpc) is 3.22. The highest BCUT2D eigenvalue weighted by Crippen LogP contribution is 2.30. The predicted octanol–water partition coefficient (Wildman–Crippen LogP) is 2.00. The lowest BCUT2D eigenvalue weighted by Crippen LogP contribution is -2.54. The molecule has 0 bridgehead atoms. The van der Waals surface area contributed by atoms with Gasteiger partial charge in [-0.3, -0.25) is 9.59 Å². The quantitative estimate of drug-likeness (QED) is 0.811. The van der Waals surface area contributed by atoms with E-state index in [-0.39, 0.29) is 30.1 Å². The normalized spacial score (nSPS) is 17.6. The Morgan fingerprint density at radius 2 is 2.07 bits per heavy atom. The van der Waals surface area contributed by atoms with Gasteiger partial charge in [0.05, 0.1) is 19.4 Å². The molecule has 1 aromatic heterocycles. The van der Waals surface area contributed by atoms with E-state index in [1.165, 1.54) is 6.26 Å². The van der Waals surface area contributed by atoms with Crippen LogP contribution in [0.1, 0.15) is 29.1 Å². The van der Waals surface area contributed by atoms with E-state index in [0.29, 0.717) is 19.6 Å².